The van der Waals surface area contributed by atoms with Crippen molar-refractivity contribution in [2.75, 3.05) is 31.9 Å². The van der Waals surface area contributed by atoms with Crippen LogP contribution in [0.4, 0.5) is 0 Å². The Bertz CT molecular complexity index is 403. The summed E-state index contributed by atoms with van der Waals surface area (Å²) in [5, 5.41) is 3.26. The number of sulfonamides is 1. The number of hydrogen-bond donors (Lipinski definition) is 1. The maximum absolute atomic E-state index is 12.4. The summed E-state index contributed by atoms with van der Waals surface area (Å²) in [7, 11) is -3.19. The minimum Gasteiger partial charge on any atom is -0.316 e. The molecule has 0 radical (unpaired) electrons. The topological polar surface area (TPSA) is 49.4 Å². The van der Waals surface area contributed by atoms with Crippen molar-refractivity contribution in [3.63, 3.8) is 0 Å². The van der Waals surface area contributed by atoms with Crippen LogP contribution in [-0.2, 0) is 10.0 Å². The average molecular weight is 270 g/mol. The Hall–Kier alpha value is -0.570. The zero-order chi connectivity index (χ0) is 13.0. The Balaban J connectivity index is 1.94. The first-order chi connectivity index (χ1) is 8.62. The van der Waals surface area contributed by atoms with E-state index >= 15 is 0 Å². The molecule has 0 aromatic carbocycles. The third-order valence-electron chi connectivity index (χ3n) is 3.67. The van der Waals surface area contributed by atoms with Crippen LogP contribution in [0.2, 0.25) is 0 Å². The van der Waals surface area contributed by atoms with E-state index < -0.39 is 10.0 Å². The van der Waals surface area contributed by atoms with Crippen LogP contribution in [0.5, 0.6) is 0 Å². The first-order valence-corrected chi connectivity index (χ1v) is 8.35. The van der Waals surface area contributed by atoms with Crippen molar-refractivity contribution in [2.24, 2.45) is 11.8 Å². The molecule has 0 aromatic rings. The van der Waals surface area contributed by atoms with Crippen LogP contribution >= 0.6 is 0 Å². The Morgan fingerprint density at radius 1 is 1.28 bits per heavy atom. The lowest BCUT2D eigenvalue weighted by molar-refractivity contribution is 0.383. The highest BCUT2D eigenvalue weighted by molar-refractivity contribution is 7.89. The molecule has 1 aliphatic carbocycles. The molecule has 1 aliphatic heterocycles. The molecular weight excluding hydrogens is 248 g/mol. The van der Waals surface area contributed by atoms with Gasteiger partial charge in [-0.3, -0.25) is 0 Å². The molecule has 0 bridgehead atoms. The maximum Gasteiger partial charge on any atom is 0.215 e. The van der Waals surface area contributed by atoms with Crippen LogP contribution in [0.1, 0.15) is 25.7 Å². The van der Waals surface area contributed by atoms with Crippen LogP contribution in [-0.4, -0.2) is 44.7 Å². The van der Waals surface area contributed by atoms with Crippen molar-refractivity contribution in [3.8, 4) is 12.3 Å². The van der Waals surface area contributed by atoms with Gasteiger partial charge in [-0.15, -0.1) is 6.42 Å². The number of rotatable bonds is 6. The molecule has 102 valence electrons. The summed E-state index contributed by atoms with van der Waals surface area (Å²) in [4.78, 5) is 0. The molecule has 1 heterocycles. The van der Waals surface area contributed by atoms with E-state index in [4.69, 9.17) is 6.42 Å². The standard InChI is InChI=1S/C13H22N2O2S/c1-2-8-15(10-12-5-6-12)18(16,17)11-13-4-3-7-14-9-13/h1,12-14H,3-11H2. The lowest BCUT2D eigenvalue weighted by atomic mass is 10.0. The molecule has 1 unspecified atom stereocenters. The summed E-state index contributed by atoms with van der Waals surface area (Å²) in [6, 6.07) is 0. The van der Waals surface area contributed by atoms with E-state index in [1.807, 2.05) is 0 Å². The van der Waals surface area contributed by atoms with Gasteiger partial charge in [0.05, 0.1) is 12.3 Å². The first kappa shape index (κ1) is 13.9. The highest BCUT2D eigenvalue weighted by Gasteiger charge is 2.32. The highest BCUT2D eigenvalue weighted by Crippen LogP contribution is 2.30. The lowest BCUT2D eigenvalue weighted by Gasteiger charge is -2.26. The van der Waals surface area contributed by atoms with Gasteiger partial charge in [-0.2, -0.15) is 4.31 Å². The fourth-order valence-corrected chi connectivity index (χ4v) is 4.24. The van der Waals surface area contributed by atoms with E-state index in [1.54, 1.807) is 0 Å². The second-order valence-electron chi connectivity index (χ2n) is 5.43. The summed E-state index contributed by atoms with van der Waals surface area (Å²) in [6.45, 7) is 2.66. The van der Waals surface area contributed by atoms with E-state index in [1.165, 1.54) is 4.31 Å². The van der Waals surface area contributed by atoms with Crippen molar-refractivity contribution < 1.29 is 8.42 Å². The summed E-state index contributed by atoms with van der Waals surface area (Å²) in [5.41, 5.74) is 0. The molecule has 2 fully saturated rings. The monoisotopic (exact) mass is 270 g/mol. The number of hydrogen-bond acceptors (Lipinski definition) is 3. The summed E-state index contributed by atoms with van der Waals surface area (Å²) >= 11 is 0. The van der Waals surface area contributed by atoms with Crippen molar-refractivity contribution in [1.29, 1.82) is 0 Å². The van der Waals surface area contributed by atoms with E-state index in [0.717, 1.165) is 38.8 Å². The van der Waals surface area contributed by atoms with E-state index in [-0.39, 0.29) is 18.2 Å². The third kappa shape index (κ3) is 3.98. The fraction of sp³-hybridized carbons (Fsp3) is 0.846. The first-order valence-electron chi connectivity index (χ1n) is 6.74. The van der Waals surface area contributed by atoms with E-state index in [2.05, 4.69) is 11.2 Å². The molecule has 0 spiro atoms. The van der Waals surface area contributed by atoms with Gasteiger partial charge < -0.3 is 5.32 Å². The predicted molar refractivity (Wildman–Crippen MR) is 72.5 cm³/mol. The van der Waals surface area contributed by atoms with Crippen LogP contribution in [0.3, 0.4) is 0 Å². The van der Waals surface area contributed by atoms with Crippen molar-refractivity contribution in [2.45, 2.75) is 25.7 Å². The van der Waals surface area contributed by atoms with Gasteiger partial charge in [-0.25, -0.2) is 8.42 Å². The van der Waals surface area contributed by atoms with Crippen molar-refractivity contribution in [1.82, 2.24) is 9.62 Å². The highest BCUT2D eigenvalue weighted by atomic mass is 32.2. The smallest absolute Gasteiger partial charge is 0.215 e. The van der Waals surface area contributed by atoms with Crippen molar-refractivity contribution in [3.05, 3.63) is 0 Å². The number of piperidine rings is 1. The molecule has 2 rings (SSSR count). The normalized spacial score (nSPS) is 25.0. The quantitative estimate of drug-likeness (QED) is 0.721. The van der Waals surface area contributed by atoms with Gasteiger partial charge in [0.1, 0.15) is 0 Å². The fourth-order valence-electron chi connectivity index (χ4n) is 2.44. The number of nitrogens with one attached hydrogen (secondary N) is 1. The molecular formula is C13H22N2O2S. The Kier molecular flexibility index (Phi) is 4.66. The second kappa shape index (κ2) is 6.05. The third-order valence-corrected chi connectivity index (χ3v) is 5.62. The zero-order valence-corrected chi connectivity index (χ0v) is 11.6. The van der Waals surface area contributed by atoms with E-state index in [9.17, 15) is 8.42 Å². The van der Waals surface area contributed by atoms with Crippen LogP contribution in [0, 0.1) is 24.2 Å². The Morgan fingerprint density at radius 3 is 2.61 bits per heavy atom. The minimum atomic E-state index is -3.19. The summed E-state index contributed by atoms with van der Waals surface area (Å²) in [5.74, 6) is 3.50. The number of nitrogens with zero attached hydrogens (tertiary/aromatic N) is 1. The molecule has 1 N–H and O–H groups in total. The number of terminal acetylenes is 1. The summed E-state index contributed by atoms with van der Waals surface area (Å²) in [6.07, 6.45) is 9.63. The molecule has 1 atom stereocenters. The predicted octanol–water partition coefficient (Wildman–Crippen LogP) is 0.661. The van der Waals surface area contributed by atoms with E-state index in [0.29, 0.717) is 12.5 Å². The van der Waals surface area contributed by atoms with Crippen LogP contribution in [0.25, 0.3) is 0 Å². The van der Waals surface area contributed by atoms with Gasteiger partial charge in [0.15, 0.2) is 0 Å². The van der Waals surface area contributed by atoms with Gasteiger partial charge in [-0.05, 0) is 50.6 Å². The van der Waals surface area contributed by atoms with Gasteiger partial charge in [0, 0.05) is 6.54 Å². The van der Waals surface area contributed by atoms with Crippen LogP contribution in [0.15, 0.2) is 0 Å². The SMILES string of the molecule is C#CCN(CC1CC1)S(=O)(=O)CC1CCCNC1. The molecule has 5 heteroatoms. The molecule has 0 amide bonds. The average Bonchev–Trinajstić information content (AvgIpc) is 3.13. The van der Waals surface area contributed by atoms with Gasteiger partial charge >= 0.3 is 0 Å². The minimum absolute atomic E-state index is 0.221. The summed E-state index contributed by atoms with van der Waals surface area (Å²) < 4.78 is 26.2. The largest absolute Gasteiger partial charge is 0.316 e. The maximum atomic E-state index is 12.4. The Labute approximate surface area is 110 Å². The van der Waals surface area contributed by atoms with Gasteiger partial charge in [-0.1, -0.05) is 5.92 Å². The molecule has 1 saturated carbocycles. The molecule has 2 aliphatic rings. The van der Waals surface area contributed by atoms with Crippen LogP contribution < -0.4 is 5.32 Å². The van der Waals surface area contributed by atoms with Gasteiger partial charge in [0.25, 0.3) is 0 Å². The zero-order valence-electron chi connectivity index (χ0n) is 10.8. The second-order valence-corrected chi connectivity index (χ2v) is 7.44. The lowest BCUT2D eigenvalue weighted by Crippen LogP contribution is -2.40. The molecule has 0 aromatic heterocycles. The molecule has 4 nitrogen and oxygen atoms in total. The molecule has 1 saturated heterocycles. The van der Waals surface area contributed by atoms with Gasteiger partial charge in [0.2, 0.25) is 10.0 Å². The molecule has 18 heavy (non-hydrogen) atoms. The Morgan fingerprint density at radius 2 is 2.06 bits per heavy atom. The van der Waals surface area contributed by atoms with Crippen molar-refractivity contribution >= 4 is 10.0 Å².